The molecular formula is C22H23N5O3. The van der Waals surface area contributed by atoms with Gasteiger partial charge >= 0.3 is 0 Å². The third-order valence-electron chi connectivity index (χ3n) is 4.37. The average Bonchev–Trinajstić information content (AvgIpc) is 3.27. The molecule has 0 fully saturated rings. The molecule has 30 heavy (non-hydrogen) atoms. The Labute approximate surface area is 174 Å². The maximum atomic E-state index is 12.4. The molecule has 8 nitrogen and oxygen atoms in total. The summed E-state index contributed by atoms with van der Waals surface area (Å²) in [4.78, 5) is 36.5. The minimum Gasteiger partial charge on any atom is -0.347 e. The SMILES string of the molecule is CC(C(=O)Nc1cccc(NC(=O)CNC(=O)Cc2ccccc2)c1)n1cccn1. The van der Waals surface area contributed by atoms with Crippen molar-refractivity contribution >= 4 is 29.1 Å². The molecule has 3 N–H and O–H groups in total. The molecule has 0 bridgehead atoms. The van der Waals surface area contributed by atoms with E-state index in [1.165, 1.54) is 0 Å². The predicted molar refractivity (Wildman–Crippen MR) is 114 cm³/mol. The molecule has 3 amide bonds. The van der Waals surface area contributed by atoms with Crippen molar-refractivity contribution < 1.29 is 14.4 Å². The first-order valence-electron chi connectivity index (χ1n) is 9.52. The number of carbonyl (C=O) groups is 3. The zero-order valence-electron chi connectivity index (χ0n) is 16.5. The van der Waals surface area contributed by atoms with Gasteiger partial charge in [-0.2, -0.15) is 5.10 Å². The van der Waals surface area contributed by atoms with Gasteiger partial charge in [0.15, 0.2) is 0 Å². The van der Waals surface area contributed by atoms with E-state index < -0.39 is 6.04 Å². The van der Waals surface area contributed by atoms with Crippen LogP contribution in [-0.2, 0) is 20.8 Å². The van der Waals surface area contributed by atoms with Crippen LogP contribution >= 0.6 is 0 Å². The van der Waals surface area contributed by atoms with E-state index in [0.717, 1.165) is 5.56 Å². The Morgan fingerprint density at radius 3 is 2.37 bits per heavy atom. The molecule has 1 heterocycles. The molecule has 1 unspecified atom stereocenters. The highest BCUT2D eigenvalue weighted by Gasteiger charge is 2.15. The predicted octanol–water partition coefficient (Wildman–Crippen LogP) is 2.38. The van der Waals surface area contributed by atoms with Gasteiger partial charge in [0.25, 0.3) is 0 Å². The van der Waals surface area contributed by atoms with Crippen molar-refractivity contribution in [3.05, 3.63) is 78.6 Å². The summed E-state index contributed by atoms with van der Waals surface area (Å²) in [5, 5.41) is 12.2. The fraction of sp³-hybridized carbons (Fsp3) is 0.182. The molecule has 3 rings (SSSR count). The van der Waals surface area contributed by atoms with Crippen LogP contribution in [0.1, 0.15) is 18.5 Å². The van der Waals surface area contributed by atoms with Gasteiger partial charge in [-0.1, -0.05) is 36.4 Å². The second kappa shape index (κ2) is 10.0. The molecule has 0 aliphatic heterocycles. The normalized spacial score (nSPS) is 11.4. The summed E-state index contributed by atoms with van der Waals surface area (Å²) in [7, 11) is 0. The molecule has 8 heteroatoms. The van der Waals surface area contributed by atoms with Crippen molar-refractivity contribution in [2.45, 2.75) is 19.4 Å². The van der Waals surface area contributed by atoms with Crippen molar-refractivity contribution in [3.63, 3.8) is 0 Å². The third-order valence-corrected chi connectivity index (χ3v) is 4.37. The van der Waals surface area contributed by atoms with E-state index >= 15 is 0 Å². The molecule has 0 spiro atoms. The maximum Gasteiger partial charge on any atom is 0.248 e. The van der Waals surface area contributed by atoms with E-state index in [1.807, 2.05) is 30.3 Å². The standard InChI is InChI=1S/C22H23N5O3/c1-16(27-12-6-11-24-27)22(30)26-19-10-5-9-18(14-19)25-21(29)15-23-20(28)13-17-7-3-2-4-8-17/h2-12,14,16H,13,15H2,1H3,(H,23,28)(H,25,29)(H,26,30). The topological polar surface area (TPSA) is 105 Å². The number of benzene rings is 2. The van der Waals surface area contributed by atoms with Crippen molar-refractivity contribution in [3.8, 4) is 0 Å². The Morgan fingerprint density at radius 1 is 0.933 bits per heavy atom. The van der Waals surface area contributed by atoms with Gasteiger partial charge in [-0.05, 0) is 36.8 Å². The van der Waals surface area contributed by atoms with E-state index in [1.54, 1.807) is 54.3 Å². The molecular weight excluding hydrogens is 382 g/mol. The number of anilines is 2. The van der Waals surface area contributed by atoms with Gasteiger partial charge in [-0.15, -0.1) is 0 Å². The molecule has 1 aromatic heterocycles. The summed E-state index contributed by atoms with van der Waals surface area (Å²) in [5.74, 6) is -0.815. The second-order valence-electron chi connectivity index (χ2n) is 6.72. The lowest BCUT2D eigenvalue weighted by Gasteiger charge is -2.13. The molecule has 0 aliphatic rings. The fourth-order valence-corrected chi connectivity index (χ4v) is 2.78. The van der Waals surface area contributed by atoms with Crippen molar-refractivity contribution in [2.24, 2.45) is 0 Å². The highest BCUT2D eigenvalue weighted by atomic mass is 16.2. The molecule has 1 atom stereocenters. The molecule has 154 valence electrons. The van der Waals surface area contributed by atoms with Gasteiger partial charge in [0, 0.05) is 23.8 Å². The van der Waals surface area contributed by atoms with Gasteiger partial charge in [0.2, 0.25) is 17.7 Å². The van der Waals surface area contributed by atoms with Crippen LogP contribution in [0.2, 0.25) is 0 Å². The number of aromatic nitrogens is 2. The van der Waals surface area contributed by atoms with E-state index in [4.69, 9.17) is 0 Å². The van der Waals surface area contributed by atoms with E-state index in [9.17, 15) is 14.4 Å². The van der Waals surface area contributed by atoms with Gasteiger partial charge < -0.3 is 16.0 Å². The highest BCUT2D eigenvalue weighted by molar-refractivity contribution is 5.97. The van der Waals surface area contributed by atoms with Crippen LogP contribution in [-0.4, -0.2) is 34.0 Å². The monoisotopic (exact) mass is 405 g/mol. The van der Waals surface area contributed by atoms with Crippen LogP contribution in [0.25, 0.3) is 0 Å². The van der Waals surface area contributed by atoms with Gasteiger partial charge in [-0.3, -0.25) is 19.1 Å². The van der Waals surface area contributed by atoms with Crippen molar-refractivity contribution in [1.82, 2.24) is 15.1 Å². The average molecular weight is 405 g/mol. The zero-order chi connectivity index (χ0) is 21.3. The van der Waals surface area contributed by atoms with E-state index in [0.29, 0.717) is 11.4 Å². The minimum atomic E-state index is -0.474. The highest BCUT2D eigenvalue weighted by Crippen LogP contribution is 2.17. The summed E-state index contributed by atoms with van der Waals surface area (Å²) >= 11 is 0. The van der Waals surface area contributed by atoms with Gasteiger partial charge in [-0.25, -0.2) is 0 Å². The molecule has 2 aromatic carbocycles. The second-order valence-corrected chi connectivity index (χ2v) is 6.72. The Balaban J connectivity index is 1.49. The molecule has 0 radical (unpaired) electrons. The lowest BCUT2D eigenvalue weighted by molar-refractivity contribution is -0.123. The quantitative estimate of drug-likeness (QED) is 0.535. The van der Waals surface area contributed by atoms with Gasteiger partial charge in [0.1, 0.15) is 6.04 Å². The Hall–Kier alpha value is -3.94. The largest absolute Gasteiger partial charge is 0.347 e. The number of nitrogens with zero attached hydrogens (tertiary/aromatic N) is 2. The minimum absolute atomic E-state index is 0.140. The summed E-state index contributed by atoms with van der Waals surface area (Å²) in [6.07, 6.45) is 3.54. The van der Waals surface area contributed by atoms with Gasteiger partial charge in [0.05, 0.1) is 13.0 Å². The fourth-order valence-electron chi connectivity index (χ4n) is 2.78. The lowest BCUT2D eigenvalue weighted by Crippen LogP contribution is -2.33. The Bertz CT molecular complexity index is 1000. The summed E-state index contributed by atoms with van der Waals surface area (Å²) < 4.78 is 1.55. The number of amides is 3. The van der Waals surface area contributed by atoms with Crippen LogP contribution in [0.4, 0.5) is 11.4 Å². The molecule has 0 saturated carbocycles. The Kier molecular flexibility index (Phi) is 6.94. The van der Waals surface area contributed by atoms with E-state index in [-0.39, 0.29) is 30.7 Å². The smallest absolute Gasteiger partial charge is 0.248 e. The first-order valence-corrected chi connectivity index (χ1v) is 9.52. The first-order chi connectivity index (χ1) is 14.5. The number of carbonyl (C=O) groups excluding carboxylic acids is 3. The zero-order valence-corrected chi connectivity index (χ0v) is 16.5. The van der Waals surface area contributed by atoms with E-state index in [2.05, 4.69) is 21.0 Å². The lowest BCUT2D eigenvalue weighted by atomic mass is 10.1. The van der Waals surface area contributed by atoms with Crippen LogP contribution in [0.15, 0.2) is 73.1 Å². The van der Waals surface area contributed by atoms with Crippen LogP contribution < -0.4 is 16.0 Å². The Morgan fingerprint density at radius 2 is 1.67 bits per heavy atom. The molecule has 0 aliphatic carbocycles. The maximum absolute atomic E-state index is 12.4. The summed E-state index contributed by atoms with van der Waals surface area (Å²) in [6, 6.07) is 17.4. The molecule has 0 saturated heterocycles. The van der Waals surface area contributed by atoms with Crippen molar-refractivity contribution in [1.29, 1.82) is 0 Å². The first kappa shape index (κ1) is 20.8. The van der Waals surface area contributed by atoms with Crippen LogP contribution in [0, 0.1) is 0 Å². The van der Waals surface area contributed by atoms with Crippen LogP contribution in [0.3, 0.4) is 0 Å². The number of hydrogen-bond donors (Lipinski definition) is 3. The summed E-state index contributed by atoms with van der Waals surface area (Å²) in [5.41, 5.74) is 1.94. The molecule has 3 aromatic rings. The number of hydrogen-bond acceptors (Lipinski definition) is 4. The van der Waals surface area contributed by atoms with Crippen LogP contribution in [0.5, 0.6) is 0 Å². The summed E-state index contributed by atoms with van der Waals surface area (Å²) in [6.45, 7) is 1.60. The third kappa shape index (κ3) is 6.03. The van der Waals surface area contributed by atoms with Crippen molar-refractivity contribution in [2.75, 3.05) is 17.2 Å². The number of nitrogens with one attached hydrogen (secondary N) is 3. The number of rotatable bonds is 8.